The van der Waals surface area contributed by atoms with Gasteiger partial charge in [-0.1, -0.05) is 0 Å². The molecule has 3 heterocycles. The maximum Gasteiger partial charge on any atom is 0.232 e. The van der Waals surface area contributed by atoms with Crippen molar-refractivity contribution in [3.63, 3.8) is 0 Å². The van der Waals surface area contributed by atoms with E-state index in [0.29, 0.717) is 28.5 Å². The monoisotopic (exact) mass is 522 g/mol. The summed E-state index contributed by atoms with van der Waals surface area (Å²) in [7, 11) is 1.58. The zero-order valence-electron chi connectivity index (χ0n) is 20.9. The van der Waals surface area contributed by atoms with Gasteiger partial charge in [-0.15, -0.1) is 11.8 Å². The van der Waals surface area contributed by atoms with Crippen molar-refractivity contribution in [2.75, 3.05) is 23.5 Å². The summed E-state index contributed by atoms with van der Waals surface area (Å²) in [4.78, 5) is 11.5. The van der Waals surface area contributed by atoms with Crippen molar-refractivity contribution in [2.24, 2.45) is 0 Å². The second kappa shape index (κ2) is 9.44. The molecular weight excluding hydrogens is 494 g/mol. The van der Waals surface area contributed by atoms with Crippen molar-refractivity contribution in [1.82, 2.24) is 29.9 Å². The molecule has 2 aliphatic carbocycles. The van der Waals surface area contributed by atoms with E-state index >= 15 is 8.78 Å². The molecule has 0 saturated heterocycles. The van der Waals surface area contributed by atoms with Crippen LogP contribution < -0.4 is 10.2 Å². The third kappa shape index (κ3) is 4.56. The summed E-state index contributed by atoms with van der Waals surface area (Å²) >= 11 is 1.28. The summed E-state index contributed by atoms with van der Waals surface area (Å²) in [6, 6.07) is 4.95. The predicted octanol–water partition coefficient (Wildman–Crippen LogP) is 6.49. The molecule has 8 nitrogen and oxygen atoms in total. The van der Waals surface area contributed by atoms with E-state index < -0.39 is 11.6 Å². The van der Waals surface area contributed by atoms with E-state index in [1.165, 1.54) is 35.2 Å². The molecular formula is C26H28F2N8S. The van der Waals surface area contributed by atoms with E-state index in [1.54, 1.807) is 13.3 Å². The normalized spacial score (nSPS) is 15.6. The van der Waals surface area contributed by atoms with Crippen molar-refractivity contribution in [3.8, 4) is 11.3 Å². The minimum absolute atomic E-state index is 0.181. The van der Waals surface area contributed by atoms with Gasteiger partial charge in [0, 0.05) is 41.0 Å². The van der Waals surface area contributed by atoms with Crippen LogP contribution in [0.4, 0.5) is 32.1 Å². The SMILES string of the molecule is CSc1cc(F)c(N(C)c2nc(Nc3cc(C)[nH]n3)c(C3CC3)c(-c3cnn(C4CCC4)c3)n2)c(F)c1. The summed E-state index contributed by atoms with van der Waals surface area (Å²) < 4.78 is 32.1. The summed E-state index contributed by atoms with van der Waals surface area (Å²) in [5.74, 6) is 0.332. The van der Waals surface area contributed by atoms with E-state index in [0.717, 1.165) is 48.2 Å². The van der Waals surface area contributed by atoms with Crippen LogP contribution in [-0.4, -0.2) is 43.2 Å². The van der Waals surface area contributed by atoms with Gasteiger partial charge in [-0.3, -0.25) is 9.78 Å². The van der Waals surface area contributed by atoms with Gasteiger partial charge in [0.1, 0.15) is 11.5 Å². The summed E-state index contributed by atoms with van der Waals surface area (Å²) in [6.07, 6.45) is 11.1. The Bertz CT molecular complexity index is 1430. The molecule has 1 aromatic carbocycles. The second-order valence-electron chi connectivity index (χ2n) is 9.76. The Morgan fingerprint density at radius 3 is 2.46 bits per heavy atom. The predicted molar refractivity (Wildman–Crippen MR) is 141 cm³/mol. The van der Waals surface area contributed by atoms with Crippen LogP contribution in [0.3, 0.4) is 0 Å². The fourth-order valence-electron chi connectivity index (χ4n) is 4.68. The number of aromatic nitrogens is 6. The van der Waals surface area contributed by atoms with Gasteiger partial charge in [-0.2, -0.15) is 15.2 Å². The molecule has 11 heteroatoms. The number of hydrogen-bond acceptors (Lipinski definition) is 7. The number of rotatable bonds is 8. The number of aromatic amines is 1. The molecule has 2 aliphatic rings. The molecule has 3 aromatic heterocycles. The highest BCUT2D eigenvalue weighted by Gasteiger charge is 2.33. The van der Waals surface area contributed by atoms with Gasteiger partial charge in [0.2, 0.25) is 5.95 Å². The molecule has 0 bridgehead atoms. The van der Waals surface area contributed by atoms with Gasteiger partial charge in [0.05, 0.1) is 17.9 Å². The van der Waals surface area contributed by atoms with Gasteiger partial charge in [0.25, 0.3) is 0 Å². The molecule has 37 heavy (non-hydrogen) atoms. The molecule has 0 aliphatic heterocycles. The molecule has 2 fully saturated rings. The molecule has 0 unspecified atom stereocenters. The lowest BCUT2D eigenvalue weighted by Gasteiger charge is -2.25. The van der Waals surface area contributed by atoms with Gasteiger partial charge >= 0.3 is 0 Å². The molecule has 0 radical (unpaired) electrons. The van der Waals surface area contributed by atoms with E-state index in [2.05, 4.69) is 20.6 Å². The second-order valence-corrected chi connectivity index (χ2v) is 10.6. The summed E-state index contributed by atoms with van der Waals surface area (Å²) in [5.41, 5.74) is 3.27. The molecule has 4 aromatic rings. The van der Waals surface area contributed by atoms with Crippen LogP contribution >= 0.6 is 11.8 Å². The average molecular weight is 523 g/mol. The van der Waals surface area contributed by atoms with Crippen LogP contribution in [0.5, 0.6) is 0 Å². The number of aryl methyl sites for hydroxylation is 1. The quantitative estimate of drug-likeness (QED) is 0.256. The highest BCUT2D eigenvalue weighted by Crippen LogP contribution is 2.48. The average Bonchev–Trinajstić information content (AvgIpc) is 3.42. The van der Waals surface area contributed by atoms with E-state index in [9.17, 15) is 0 Å². The molecule has 0 amide bonds. The minimum Gasteiger partial charge on any atom is -0.323 e. The number of H-pyrrole nitrogens is 1. The van der Waals surface area contributed by atoms with E-state index in [-0.39, 0.29) is 11.6 Å². The Hall–Kier alpha value is -3.47. The molecule has 192 valence electrons. The number of thioether (sulfide) groups is 1. The third-order valence-corrected chi connectivity index (χ3v) is 7.76. The lowest BCUT2D eigenvalue weighted by molar-refractivity contribution is 0.289. The fraction of sp³-hybridized carbons (Fsp3) is 0.385. The first-order chi connectivity index (χ1) is 17.9. The highest BCUT2D eigenvalue weighted by atomic mass is 32.2. The van der Waals surface area contributed by atoms with Crippen LogP contribution in [-0.2, 0) is 0 Å². The van der Waals surface area contributed by atoms with Gasteiger partial charge in [-0.25, -0.2) is 13.8 Å². The Morgan fingerprint density at radius 1 is 1.11 bits per heavy atom. The maximum atomic E-state index is 15.1. The molecule has 2 saturated carbocycles. The number of anilines is 4. The minimum atomic E-state index is -0.668. The zero-order chi connectivity index (χ0) is 25.7. The Kier molecular flexibility index (Phi) is 6.10. The summed E-state index contributed by atoms with van der Waals surface area (Å²) in [5, 5.41) is 15.2. The van der Waals surface area contributed by atoms with Crippen LogP contribution in [0.15, 0.2) is 35.5 Å². The van der Waals surface area contributed by atoms with Crippen molar-refractivity contribution in [3.05, 3.63) is 53.5 Å². The number of hydrogen-bond donors (Lipinski definition) is 2. The molecule has 2 N–H and O–H groups in total. The largest absolute Gasteiger partial charge is 0.323 e. The highest BCUT2D eigenvalue weighted by molar-refractivity contribution is 7.98. The summed E-state index contributed by atoms with van der Waals surface area (Å²) in [6.45, 7) is 1.92. The third-order valence-electron chi connectivity index (χ3n) is 7.06. The first-order valence-electron chi connectivity index (χ1n) is 12.4. The zero-order valence-corrected chi connectivity index (χ0v) is 21.7. The van der Waals surface area contributed by atoms with Crippen LogP contribution in [0, 0.1) is 18.6 Å². The van der Waals surface area contributed by atoms with Crippen molar-refractivity contribution >= 4 is 35.0 Å². The fourth-order valence-corrected chi connectivity index (χ4v) is 5.12. The van der Waals surface area contributed by atoms with Crippen LogP contribution in [0.1, 0.15) is 55.3 Å². The Morgan fingerprint density at radius 2 is 1.86 bits per heavy atom. The smallest absolute Gasteiger partial charge is 0.232 e. The number of benzene rings is 1. The van der Waals surface area contributed by atoms with Crippen molar-refractivity contribution < 1.29 is 8.78 Å². The lowest BCUT2D eigenvalue weighted by Crippen LogP contribution is -2.18. The topological polar surface area (TPSA) is 87.5 Å². The van der Waals surface area contributed by atoms with E-state index in [1.807, 2.05) is 30.1 Å². The maximum absolute atomic E-state index is 15.1. The van der Waals surface area contributed by atoms with Crippen molar-refractivity contribution in [1.29, 1.82) is 0 Å². The molecule has 0 atom stereocenters. The number of nitrogens with one attached hydrogen (secondary N) is 2. The Balaban J connectivity index is 1.49. The van der Waals surface area contributed by atoms with E-state index in [4.69, 9.17) is 9.97 Å². The van der Waals surface area contributed by atoms with Crippen molar-refractivity contribution in [2.45, 2.75) is 55.9 Å². The van der Waals surface area contributed by atoms with Gasteiger partial charge in [0.15, 0.2) is 17.5 Å². The van der Waals surface area contributed by atoms with Crippen LogP contribution in [0.2, 0.25) is 0 Å². The first-order valence-corrected chi connectivity index (χ1v) is 13.7. The standard InChI is InChI=1S/C26H28F2N8S/c1-14-9-21(34-33-14)30-25-22(15-7-8-15)23(16-12-29-36(13-16)17-5-4-6-17)31-26(32-25)35(2)24-19(27)10-18(37-3)11-20(24)28/h9-13,15,17H,4-8H2,1-3H3,(H2,30,31,32,33,34). The Labute approximate surface area is 217 Å². The molecule has 6 rings (SSSR count). The number of halogens is 2. The van der Waals surface area contributed by atoms with Gasteiger partial charge in [-0.05, 0) is 63.3 Å². The molecule has 0 spiro atoms. The van der Waals surface area contributed by atoms with Gasteiger partial charge < -0.3 is 10.2 Å². The number of nitrogens with zero attached hydrogens (tertiary/aromatic N) is 6. The lowest BCUT2D eigenvalue weighted by atomic mass is 9.93. The van der Waals surface area contributed by atoms with Crippen LogP contribution in [0.25, 0.3) is 11.3 Å². The first kappa shape index (κ1) is 23.9.